The average molecular weight is 376 g/mol. The summed E-state index contributed by atoms with van der Waals surface area (Å²) < 4.78 is 23.8. The normalized spacial score (nSPS) is 30.3. The van der Waals surface area contributed by atoms with Gasteiger partial charge in [-0.3, -0.25) is 4.90 Å². The van der Waals surface area contributed by atoms with Crippen molar-refractivity contribution in [3.05, 3.63) is 23.3 Å². The van der Waals surface area contributed by atoms with E-state index in [-0.39, 0.29) is 6.04 Å². The van der Waals surface area contributed by atoms with Crippen molar-refractivity contribution in [3.63, 3.8) is 0 Å². The Bertz CT molecular complexity index is 671. The Hall–Kier alpha value is -1.30. The summed E-state index contributed by atoms with van der Waals surface area (Å²) in [6, 6.07) is 5.08. The zero-order valence-corrected chi connectivity index (χ0v) is 17.1. The molecule has 3 aliphatic rings. The van der Waals surface area contributed by atoms with Crippen LogP contribution in [0.15, 0.2) is 12.1 Å². The quantitative estimate of drug-likeness (QED) is 0.797. The number of hydrogen-bond donors (Lipinski definition) is 0. The van der Waals surface area contributed by atoms with Crippen LogP contribution in [0.3, 0.4) is 0 Å². The van der Waals surface area contributed by atoms with Crippen LogP contribution in [0, 0.1) is 5.92 Å². The number of methoxy groups -OCH3 is 2. The Kier molecular flexibility index (Phi) is 5.36. The molecule has 1 spiro atoms. The molecular weight excluding hydrogens is 342 g/mol. The predicted molar refractivity (Wildman–Crippen MR) is 104 cm³/mol. The molecule has 5 nitrogen and oxygen atoms in total. The molecule has 2 heterocycles. The van der Waals surface area contributed by atoms with Gasteiger partial charge < -0.3 is 18.9 Å². The molecule has 1 saturated carbocycles. The van der Waals surface area contributed by atoms with E-state index in [9.17, 15) is 0 Å². The Morgan fingerprint density at radius 2 is 1.74 bits per heavy atom. The molecule has 3 fully saturated rings. The third-order valence-corrected chi connectivity index (χ3v) is 6.95. The minimum Gasteiger partial charge on any atom is -0.493 e. The van der Waals surface area contributed by atoms with Crippen LogP contribution in [0.5, 0.6) is 11.5 Å². The van der Waals surface area contributed by atoms with E-state index in [4.69, 9.17) is 18.9 Å². The monoisotopic (exact) mass is 375 g/mol. The SMILES string of the molecule is CCc1cc(OC)c(OC)cc1[C@@H]1CC2(OCCO2)[C@H]2CCCC[C@H]2N1C. The lowest BCUT2D eigenvalue weighted by Crippen LogP contribution is -2.59. The molecule has 0 bridgehead atoms. The van der Waals surface area contributed by atoms with E-state index in [0.717, 1.165) is 24.3 Å². The fourth-order valence-corrected chi connectivity index (χ4v) is 5.59. The molecule has 150 valence electrons. The Morgan fingerprint density at radius 3 is 2.41 bits per heavy atom. The maximum absolute atomic E-state index is 6.32. The van der Waals surface area contributed by atoms with Gasteiger partial charge in [-0.15, -0.1) is 0 Å². The van der Waals surface area contributed by atoms with E-state index in [1.54, 1.807) is 14.2 Å². The first-order valence-corrected chi connectivity index (χ1v) is 10.4. The first kappa shape index (κ1) is 19.0. The zero-order valence-electron chi connectivity index (χ0n) is 17.1. The van der Waals surface area contributed by atoms with Gasteiger partial charge >= 0.3 is 0 Å². The zero-order chi connectivity index (χ0) is 19.0. The van der Waals surface area contributed by atoms with Crippen LogP contribution in [-0.2, 0) is 15.9 Å². The first-order valence-electron chi connectivity index (χ1n) is 10.4. The lowest BCUT2D eigenvalue weighted by atomic mass is 9.71. The largest absolute Gasteiger partial charge is 0.493 e. The van der Waals surface area contributed by atoms with Crippen molar-refractivity contribution in [1.82, 2.24) is 4.90 Å². The molecule has 0 aromatic heterocycles. The molecule has 5 heteroatoms. The summed E-state index contributed by atoms with van der Waals surface area (Å²) in [6.45, 7) is 3.63. The average Bonchev–Trinajstić information content (AvgIpc) is 3.19. The Morgan fingerprint density at radius 1 is 1.07 bits per heavy atom. The number of fused-ring (bicyclic) bond motifs is 2. The Balaban J connectivity index is 1.76. The van der Waals surface area contributed by atoms with Crippen molar-refractivity contribution in [2.24, 2.45) is 5.92 Å². The summed E-state index contributed by atoms with van der Waals surface area (Å²) >= 11 is 0. The lowest BCUT2D eigenvalue weighted by molar-refractivity contribution is -0.252. The summed E-state index contributed by atoms with van der Waals surface area (Å²) in [5.41, 5.74) is 2.63. The predicted octanol–water partition coefficient (Wildman–Crippen LogP) is 3.94. The van der Waals surface area contributed by atoms with Gasteiger partial charge in [-0.05, 0) is 49.6 Å². The molecule has 0 N–H and O–H groups in total. The second-order valence-corrected chi connectivity index (χ2v) is 8.11. The molecule has 1 aromatic carbocycles. The number of aryl methyl sites for hydroxylation is 1. The van der Waals surface area contributed by atoms with E-state index in [1.165, 1.54) is 36.8 Å². The Labute approximate surface area is 162 Å². The van der Waals surface area contributed by atoms with Crippen LogP contribution in [0.1, 0.15) is 56.2 Å². The number of hydrogen-bond acceptors (Lipinski definition) is 5. The van der Waals surface area contributed by atoms with Gasteiger partial charge in [-0.25, -0.2) is 0 Å². The number of ether oxygens (including phenoxy) is 4. The molecule has 0 amide bonds. The van der Waals surface area contributed by atoms with Gasteiger partial charge in [0, 0.05) is 24.4 Å². The van der Waals surface area contributed by atoms with Gasteiger partial charge in [0.2, 0.25) is 0 Å². The first-order chi connectivity index (χ1) is 13.1. The molecule has 2 aliphatic heterocycles. The van der Waals surface area contributed by atoms with E-state index >= 15 is 0 Å². The molecule has 3 atom stereocenters. The summed E-state index contributed by atoms with van der Waals surface area (Å²) in [6.07, 6.45) is 6.84. The summed E-state index contributed by atoms with van der Waals surface area (Å²) in [7, 11) is 5.69. The molecule has 27 heavy (non-hydrogen) atoms. The van der Waals surface area contributed by atoms with Gasteiger partial charge in [0.1, 0.15) is 0 Å². The van der Waals surface area contributed by atoms with Crippen molar-refractivity contribution in [1.29, 1.82) is 0 Å². The van der Waals surface area contributed by atoms with Crippen molar-refractivity contribution in [3.8, 4) is 11.5 Å². The highest BCUT2D eigenvalue weighted by Gasteiger charge is 2.55. The van der Waals surface area contributed by atoms with E-state index in [1.807, 2.05) is 0 Å². The van der Waals surface area contributed by atoms with Crippen LogP contribution in [0.4, 0.5) is 0 Å². The molecule has 0 radical (unpaired) electrons. The third-order valence-electron chi connectivity index (χ3n) is 6.95. The summed E-state index contributed by atoms with van der Waals surface area (Å²) in [4.78, 5) is 2.58. The molecule has 0 unspecified atom stereocenters. The minimum atomic E-state index is -0.416. The summed E-state index contributed by atoms with van der Waals surface area (Å²) in [5, 5.41) is 0. The summed E-state index contributed by atoms with van der Waals surface area (Å²) in [5.74, 6) is 1.65. The molecule has 1 aliphatic carbocycles. The van der Waals surface area contributed by atoms with Crippen LogP contribution in [0.2, 0.25) is 0 Å². The topological polar surface area (TPSA) is 40.2 Å². The number of piperidine rings is 1. The highest BCUT2D eigenvalue weighted by atomic mass is 16.7. The smallest absolute Gasteiger partial charge is 0.174 e. The number of likely N-dealkylation sites (tertiary alicyclic amines) is 1. The van der Waals surface area contributed by atoms with Gasteiger partial charge in [-0.1, -0.05) is 19.8 Å². The number of benzene rings is 1. The number of nitrogens with zero attached hydrogens (tertiary/aromatic N) is 1. The van der Waals surface area contributed by atoms with Crippen molar-refractivity contribution in [2.45, 2.75) is 63.3 Å². The molecular formula is C22H33NO4. The van der Waals surface area contributed by atoms with Crippen molar-refractivity contribution >= 4 is 0 Å². The van der Waals surface area contributed by atoms with Crippen LogP contribution in [0.25, 0.3) is 0 Å². The van der Waals surface area contributed by atoms with E-state index in [0.29, 0.717) is 25.2 Å². The van der Waals surface area contributed by atoms with E-state index < -0.39 is 5.79 Å². The highest BCUT2D eigenvalue weighted by Crippen LogP contribution is 2.52. The third kappa shape index (κ3) is 3.14. The van der Waals surface area contributed by atoms with Gasteiger partial charge in [0.15, 0.2) is 17.3 Å². The number of rotatable bonds is 4. The van der Waals surface area contributed by atoms with Crippen LogP contribution < -0.4 is 9.47 Å². The van der Waals surface area contributed by atoms with Crippen molar-refractivity contribution in [2.75, 3.05) is 34.5 Å². The van der Waals surface area contributed by atoms with E-state index in [2.05, 4.69) is 31.0 Å². The van der Waals surface area contributed by atoms with Gasteiger partial charge in [0.05, 0.1) is 27.4 Å². The fraction of sp³-hybridized carbons (Fsp3) is 0.727. The second-order valence-electron chi connectivity index (χ2n) is 8.11. The maximum Gasteiger partial charge on any atom is 0.174 e. The van der Waals surface area contributed by atoms with Gasteiger partial charge in [-0.2, -0.15) is 0 Å². The minimum absolute atomic E-state index is 0.261. The highest BCUT2D eigenvalue weighted by molar-refractivity contribution is 5.49. The molecule has 4 rings (SSSR count). The second kappa shape index (κ2) is 7.61. The lowest BCUT2D eigenvalue weighted by Gasteiger charge is -2.54. The maximum atomic E-state index is 6.32. The van der Waals surface area contributed by atoms with Gasteiger partial charge in [0.25, 0.3) is 0 Å². The van der Waals surface area contributed by atoms with Crippen LogP contribution >= 0.6 is 0 Å². The standard InChI is InChI=1S/C22H33NO4/c1-5-15-12-20(24-3)21(25-4)13-16(15)19-14-22(26-10-11-27-22)17-8-6-7-9-18(17)23(19)2/h12-13,17-19H,5-11,14H2,1-4H3/t17-,18+,19-/m0/s1. The van der Waals surface area contributed by atoms with Crippen LogP contribution in [-0.4, -0.2) is 51.2 Å². The fourth-order valence-electron chi connectivity index (χ4n) is 5.59. The van der Waals surface area contributed by atoms with Crippen molar-refractivity contribution < 1.29 is 18.9 Å². The molecule has 1 aromatic rings. The molecule has 2 saturated heterocycles.